The highest BCUT2D eigenvalue weighted by molar-refractivity contribution is 5.76. The molecule has 2 heterocycles. The van der Waals surface area contributed by atoms with E-state index < -0.39 is 0 Å². The van der Waals surface area contributed by atoms with Crippen molar-refractivity contribution >= 4 is 5.91 Å². The van der Waals surface area contributed by atoms with Crippen LogP contribution in [0.5, 0.6) is 0 Å². The van der Waals surface area contributed by atoms with Crippen molar-refractivity contribution in [1.82, 2.24) is 29.9 Å². The largest absolute Gasteiger partial charge is 0.388 e. The standard InChI is InChI=1S/C15H22N6O2/c1-20-13(9-22)18-19-15(20)10-7-11(8-10)17-14(23)4-3-12-5-6-16-21(12)2/h5-6,10-11,22H,3-4,7-9H2,1-2H3,(H,17,23). The number of carbonyl (C=O) groups is 1. The lowest BCUT2D eigenvalue weighted by molar-refractivity contribution is -0.122. The Hall–Kier alpha value is -2.22. The third-order valence-corrected chi connectivity index (χ3v) is 4.54. The van der Waals surface area contributed by atoms with E-state index in [9.17, 15) is 4.79 Å². The Labute approximate surface area is 134 Å². The molecule has 0 atom stereocenters. The van der Waals surface area contributed by atoms with E-state index in [4.69, 9.17) is 5.11 Å². The van der Waals surface area contributed by atoms with Crippen LogP contribution in [0.15, 0.2) is 12.3 Å². The van der Waals surface area contributed by atoms with Gasteiger partial charge >= 0.3 is 0 Å². The molecular formula is C15H22N6O2. The van der Waals surface area contributed by atoms with Gasteiger partial charge in [-0.3, -0.25) is 9.48 Å². The van der Waals surface area contributed by atoms with Crippen molar-refractivity contribution in [2.24, 2.45) is 14.1 Å². The fourth-order valence-electron chi connectivity index (χ4n) is 3.00. The number of nitrogens with zero attached hydrogens (tertiary/aromatic N) is 5. The van der Waals surface area contributed by atoms with Gasteiger partial charge in [0.15, 0.2) is 5.82 Å². The van der Waals surface area contributed by atoms with Crippen LogP contribution >= 0.6 is 0 Å². The van der Waals surface area contributed by atoms with Gasteiger partial charge < -0.3 is 15.0 Å². The number of amides is 1. The maximum atomic E-state index is 12.0. The van der Waals surface area contributed by atoms with Crippen LogP contribution in [0.2, 0.25) is 0 Å². The summed E-state index contributed by atoms with van der Waals surface area (Å²) < 4.78 is 3.63. The van der Waals surface area contributed by atoms with Crippen LogP contribution in [0, 0.1) is 0 Å². The van der Waals surface area contributed by atoms with Crippen LogP contribution in [-0.4, -0.2) is 41.6 Å². The number of nitrogens with one attached hydrogen (secondary N) is 1. The van der Waals surface area contributed by atoms with Gasteiger partial charge in [-0.05, 0) is 25.3 Å². The lowest BCUT2D eigenvalue weighted by Gasteiger charge is -2.35. The first-order chi connectivity index (χ1) is 11.1. The lowest BCUT2D eigenvalue weighted by Crippen LogP contribution is -2.44. The van der Waals surface area contributed by atoms with E-state index in [1.54, 1.807) is 10.9 Å². The summed E-state index contributed by atoms with van der Waals surface area (Å²) in [5, 5.41) is 24.4. The van der Waals surface area contributed by atoms with Crippen molar-refractivity contribution in [2.45, 2.75) is 44.2 Å². The smallest absolute Gasteiger partial charge is 0.220 e. The fraction of sp³-hybridized carbons (Fsp3) is 0.600. The van der Waals surface area contributed by atoms with Gasteiger partial charge in [0.1, 0.15) is 12.4 Å². The van der Waals surface area contributed by atoms with Crippen molar-refractivity contribution in [3.05, 3.63) is 29.6 Å². The molecule has 0 saturated heterocycles. The number of aliphatic hydroxyl groups is 1. The number of hydrogen-bond acceptors (Lipinski definition) is 5. The summed E-state index contributed by atoms with van der Waals surface area (Å²) in [6.45, 7) is -0.107. The van der Waals surface area contributed by atoms with Gasteiger partial charge in [-0.1, -0.05) is 0 Å². The van der Waals surface area contributed by atoms with Crippen LogP contribution in [0.3, 0.4) is 0 Å². The third kappa shape index (κ3) is 3.26. The number of aliphatic hydroxyl groups excluding tert-OH is 1. The number of rotatable bonds is 6. The first-order valence-corrected chi connectivity index (χ1v) is 7.83. The Kier molecular flexibility index (Phi) is 4.42. The Bertz CT molecular complexity index is 686. The fourth-order valence-corrected chi connectivity index (χ4v) is 3.00. The Balaban J connectivity index is 1.44. The molecule has 0 aliphatic heterocycles. The Morgan fingerprint density at radius 3 is 2.78 bits per heavy atom. The molecule has 1 amide bonds. The molecule has 0 unspecified atom stereocenters. The summed E-state index contributed by atoms with van der Waals surface area (Å²) in [7, 11) is 3.74. The minimum absolute atomic E-state index is 0.0728. The van der Waals surface area contributed by atoms with E-state index in [0.717, 1.165) is 24.4 Å². The molecule has 1 aliphatic carbocycles. The van der Waals surface area contributed by atoms with E-state index in [-0.39, 0.29) is 18.6 Å². The van der Waals surface area contributed by atoms with Crippen LogP contribution in [-0.2, 0) is 31.9 Å². The van der Waals surface area contributed by atoms with Crippen LogP contribution in [0.1, 0.15) is 42.5 Å². The summed E-state index contributed by atoms with van der Waals surface area (Å²) in [4.78, 5) is 12.0. The van der Waals surface area contributed by atoms with E-state index in [1.807, 2.05) is 24.7 Å². The summed E-state index contributed by atoms with van der Waals surface area (Å²) in [5.74, 6) is 1.83. The van der Waals surface area contributed by atoms with Crippen molar-refractivity contribution in [3.63, 3.8) is 0 Å². The summed E-state index contributed by atoms with van der Waals surface area (Å²) in [5.41, 5.74) is 1.06. The average Bonchev–Trinajstić information content (AvgIpc) is 3.06. The maximum Gasteiger partial charge on any atom is 0.220 e. The molecule has 2 aromatic heterocycles. The Morgan fingerprint density at radius 1 is 1.39 bits per heavy atom. The number of hydrogen-bond donors (Lipinski definition) is 2. The quantitative estimate of drug-likeness (QED) is 0.783. The highest BCUT2D eigenvalue weighted by Crippen LogP contribution is 2.35. The van der Waals surface area contributed by atoms with Gasteiger partial charge in [-0.2, -0.15) is 5.10 Å². The second-order valence-corrected chi connectivity index (χ2v) is 6.07. The molecule has 8 nitrogen and oxygen atoms in total. The molecule has 3 rings (SSSR count). The predicted molar refractivity (Wildman–Crippen MR) is 82.4 cm³/mol. The molecule has 8 heteroatoms. The van der Waals surface area contributed by atoms with E-state index in [1.165, 1.54) is 0 Å². The molecule has 0 aromatic carbocycles. The minimum Gasteiger partial charge on any atom is -0.388 e. The van der Waals surface area contributed by atoms with Crippen LogP contribution in [0.25, 0.3) is 0 Å². The molecule has 2 N–H and O–H groups in total. The molecule has 23 heavy (non-hydrogen) atoms. The molecule has 0 spiro atoms. The van der Waals surface area contributed by atoms with Crippen molar-refractivity contribution in [3.8, 4) is 0 Å². The second-order valence-electron chi connectivity index (χ2n) is 6.07. The van der Waals surface area contributed by atoms with Crippen LogP contribution in [0.4, 0.5) is 0 Å². The summed E-state index contributed by atoms with van der Waals surface area (Å²) >= 11 is 0. The lowest BCUT2D eigenvalue weighted by atomic mass is 9.79. The van der Waals surface area contributed by atoms with Crippen LogP contribution < -0.4 is 5.32 Å². The third-order valence-electron chi connectivity index (χ3n) is 4.54. The topological polar surface area (TPSA) is 97.9 Å². The summed E-state index contributed by atoms with van der Waals surface area (Å²) in [6, 6.07) is 2.13. The average molecular weight is 318 g/mol. The van der Waals surface area contributed by atoms with E-state index >= 15 is 0 Å². The highest BCUT2D eigenvalue weighted by Gasteiger charge is 2.34. The second kappa shape index (κ2) is 6.49. The SMILES string of the molecule is Cn1nccc1CCC(=O)NC1CC(c2nnc(CO)n2C)C1. The highest BCUT2D eigenvalue weighted by atomic mass is 16.3. The molecule has 1 aliphatic rings. The first kappa shape index (κ1) is 15.7. The normalized spacial score (nSPS) is 20.3. The van der Waals surface area contributed by atoms with Crippen molar-refractivity contribution in [2.75, 3.05) is 0 Å². The zero-order valence-electron chi connectivity index (χ0n) is 13.4. The van der Waals surface area contributed by atoms with Gasteiger partial charge in [0.2, 0.25) is 5.91 Å². The van der Waals surface area contributed by atoms with Crippen molar-refractivity contribution < 1.29 is 9.90 Å². The monoisotopic (exact) mass is 318 g/mol. The molecule has 1 fully saturated rings. The molecule has 1 saturated carbocycles. The Morgan fingerprint density at radius 2 is 2.17 bits per heavy atom. The summed E-state index contributed by atoms with van der Waals surface area (Å²) in [6.07, 6.45) is 4.65. The number of carbonyl (C=O) groups excluding carboxylic acids is 1. The maximum absolute atomic E-state index is 12.0. The minimum atomic E-state index is -0.107. The zero-order valence-corrected chi connectivity index (χ0v) is 13.4. The van der Waals surface area contributed by atoms with Gasteiger partial charge in [0.05, 0.1) is 0 Å². The molecule has 124 valence electrons. The first-order valence-electron chi connectivity index (χ1n) is 7.83. The van der Waals surface area contributed by atoms with E-state index in [2.05, 4.69) is 20.6 Å². The van der Waals surface area contributed by atoms with Gasteiger partial charge in [-0.25, -0.2) is 0 Å². The van der Waals surface area contributed by atoms with Gasteiger partial charge in [0.25, 0.3) is 0 Å². The zero-order chi connectivity index (χ0) is 16.4. The van der Waals surface area contributed by atoms with Gasteiger partial charge in [0, 0.05) is 44.4 Å². The molecule has 2 aromatic rings. The number of aryl methyl sites for hydroxylation is 2. The predicted octanol–water partition coefficient (Wildman–Crippen LogP) is 0.0359. The molecular weight excluding hydrogens is 296 g/mol. The molecule has 0 bridgehead atoms. The van der Waals surface area contributed by atoms with E-state index in [0.29, 0.717) is 24.6 Å². The van der Waals surface area contributed by atoms with Crippen molar-refractivity contribution in [1.29, 1.82) is 0 Å². The number of aromatic nitrogens is 5. The van der Waals surface area contributed by atoms with Gasteiger partial charge in [-0.15, -0.1) is 10.2 Å². The molecule has 0 radical (unpaired) electrons.